The van der Waals surface area contributed by atoms with Gasteiger partial charge in [-0.25, -0.2) is 9.67 Å². The molecular formula is C17H26N6O. The van der Waals surface area contributed by atoms with E-state index < -0.39 is 0 Å². The molecule has 1 amide bonds. The van der Waals surface area contributed by atoms with Crippen molar-refractivity contribution in [3.63, 3.8) is 0 Å². The first-order valence-electron chi connectivity index (χ1n) is 8.56. The molecular weight excluding hydrogens is 304 g/mol. The Hall–Kier alpha value is -2.18. The Morgan fingerprint density at radius 1 is 1.33 bits per heavy atom. The van der Waals surface area contributed by atoms with Gasteiger partial charge in [0.1, 0.15) is 18.7 Å². The molecule has 1 aliphatic rings. The van der Waals surface area contributed by atoms with Gasteiger partial charge in [0.15, 0.2) is 0 Å². The SMILES string of the molecule is Cc1nn(C)c(C)c1[C@H]1CCCN1C(=O)[C@@H](C(C)C)n1cncn1. The summed E-state index contributed by atoms with van der Waals surface area (Å²) in [6, 6.07) is -0.207. The fourth-order valence-corrected chi connectivity index (χ4v) is 3.84. The van der Waals surface area contributed by atoms with E-state index >= 15 is 0 Å². The van der Waals surface area contributed by atoms with Crippen LogP contribution in [0.3, 0.4) is 0 Å². The van der Waals surface area contributed by atoms with Gasteiger partial charge in [-0.1, -0.05) is 13.8 Å². The number of rotatable bonds is 4. The summed E-state index contributed by atoms with van der Waals surface area (Å²) in [5.74, 6) is 0.275. The molecule has 1 aliphatic heterocycles. The van der Waals surface area contributed by atoms with Gasteiger partial charge in [0.25, 0.3) is 0 Å². The summed E-state index contributed by atoms with van der Waals surface area (Å²) in [4.78, 5) is 19.3. The maximum Gasteiger partial charge on any atom is 0.248 e. The molecule has 3 rings (SSSR count). The van der Waals surface area contributed by atoms with Crippen LogP contribution in [0.5, 0.6) is 0 Å². The normalized spacial score (nSPS) is 19.2. The van der Waals surface area contributed by atoms with Crippen LogP contribution in [0.25, 0.3) is 0 Å². The number of amides is 1. The van der Waals surface area contributed by atoms with Crippen molar-refractivity contribution in [2.75, 3.05) is 6.54 Å². The predicted octanol–water partition coefficient (Wildman–Crippen LogP) is 2.19. The van der Waals surface area contributed by atoms with Crippen molar-refractivity contribution in [1.29, 1.82) is 0 Å². The van der Waals surface area contributed by atoms with Crippen molar-refractivity contribution >= 4 is 5.91 Å². The number of nitrogens with zero attached hydrogens (tertiary/aromatic N) is 6. The second-order valence-corrected chi connectivity index (χ2v) is 6.96. The lowest BCUT2D eigenvalue weighted by atomic mass is 9.99. The van der Waals surface area contributed by atoms with E-state index in [1.807, 2.05) is 23.6 Å². The molecule has 1 saturated heterocycles. The first-order chi connectivity index (χ1) is 11.4. The van der Waals surface area contributed by atoms with E-state index in [0.717, 1.165) is 30.8 Å². The Kier molecular flexibility index (Phi) is 4.43. The van der Waals surface area contributed by atoms with Gasteiger partial charge in [0.2, 0.25) is 5.91 Å². The highest BCUT2D eigenvalue weighted by Gasteiger charge is 2.38. The molecule has 1 fully saturated rings. The van der Waals surface area contributed by atoms with Gasteiger partial charge in [0, 0.05) is 24.8 Å². The number of aryl methyl sites for hydroxylation is 2. The largest absolute Gasteiger partial charge is 0.334 e. The van der Waals surface area contributed by atoms with Gasteiger partial charge in [-0.05, 0) is 32.6 Å². The van der Waals surface area contributed by atoms with E-state index in [1.54, 1.807) is 11.0 Å². The molecule has 0 aliphatic carbocycles. The fourth-order valence-electron chi connectivity index (χ4n) is 3.84. The maximum absolute atomic E-state index is 13.3. The highest BCUT2D eigenvalue weighted by atomic mass is 16.2. The molecule has 0 spiro atoms. The van der Waals surface area contributed by atoms with Crippen LogP contribution in [0.1, 0.15) is 55.7 Å². The van der Waals surface area contributed by atoms with Crippen LogP contribution in [0, 0.1) is 19.8 Å². The predicted molar refractivity (Wildman–Crippen MR) is 90.3 cm³/mol. The summed E-state index contributed by atoms with van der Waals surface area (Å²) in [6.45, 7) is 9.00. The van der Waals surface area contributed by atoms with Crippen molar-refractivity contribution in [3.8, 4) is 0 Å². The van der Waals surface area contributed by atoms with Crippen LogP contribution >= 0.6 is 0 Å². The summed E-state index contributed by atoms with van der Waals surface area (Å²) in [5, 5.41) is 8.74. The van der Waals surface area contributed by atoms with E-state index in [-0.39, 0.29) is 23.9 Å². The molecule has 2 aromatic rings. The smallest absolute Gasteiger partial charge is 0.248 e. The lowest BCUT2D eigenvalue weighted by molar-refractivity contribution is -0.137. The highest BCUT2D eigenvalue weighted by molar-refractivity contribution is 5.81. The third-order valence-corrected chi connectivity index (χ3v) is 5.04. The zero-order valence-electron chi connectivity index (χ0n) is 15.1. The number of hydrogen-bond acceptors (Lipinski definition) is 4. The van der Waals surface area contributed by atoms with Gasteiger partial charge in [-0.2, -0.15) is 10.2 Å². The standard InChI is InChI=1S/C17H26N6O/c1-11(2)16(23-10-18-9-19-23)17(24)22-8-6-7-14(22)15-12(3)20-21(5)13(15)4/h9-11,14,16H,6-8H2,1-5H3/t14-,16-/m1/s1. The summed E-state index contributed by atoms with van der Waals surface area (Å²) < 4.78 is 3.59. The number of carbonyl (C=O) groups is 1. The van der Waals surface area contributed by atoms with Crippen LogP contribution in [0.15, 0.2) is 12.7 Å². The molecule has 3 heterocycles. The van der Waals surface area contributed by atoms with Crippen LogP contribution in [-0.2, 0) is 11.8 Å². The first-order valence-corrected chi connectivity index (χ1v) is 8.56. The quantitative estimate of drug-likeness (QED) is 0.862. The number of aromatic nitrogens is 5. The minimum atomic E-state index is -0.314. The molecule has 0 bridgehead atoms. The molecule has 130 valence electrons. The minimum absolute atomic E-state index is 0.107. The zero-order valence-corrected chi connectivity index (χ0v) is 15.1. The molecule has 2 atom stereocenters. The van der Waals surface area contributed by atoms with Gasteiger partial charge in [-0.15, -0.1) is 0 Å². The molecule has 0 saturated carbocycles. The van der Waals surface area contributed by atoms with Gasteiger partial charge >= 0.3 is 0 Å². The van der Waals surface area contributed by atoms with Crippen molar-refractivity contribution in [2.24, 2.45) is 13.0 Å². The van der Waals surface area contributed by atoms with Crippen molar-refractivity contribution in [2.45, 2.75) is 52.6 Å². The third kappa shape index (κ3) is 2.72. The van der Waals surface area contributed by atoms with E-state index in [2.05, 4.69) is 36.0 Å². The molecule has 2 aromatic heterocycles. The Morgan fingerprint density at radius 3 is 2.62 bits per heavy atom. The summed E-state index contributed by atoms with van der Waals surface area (Å²) >= 11 is 0. The first kappa shape index (κ1) is 16.7. The Labute approximate surface area is 142 Å². The average molecular weight is 330 g/mol. The van der Waals surface area contributed by atoms with Crippen molar-refractivity contribution < 1.29 is 4.79 Å². The third-order valence-electron chi connectivity index (χ3n) is 5.04. The molecule has 24 heavy (non-hydrogen) atoms. The van der Waals surface area contributed by atoms with Crippen LogP contribution in [0.2, 0.25) is 0 Å². The maximum atomic E-state index is 13.3. The van der Waals surface area contributed by atoms with Crippen LogP contribution < -0.4 is 0 Å². The zero-order chi connectivity index (χ0) is 17.4. The number of hydrogen-bond donors (Lipinski definition) is 0. The summed E-state index contributed by atoms with van der Waals surface area (Å²) in [7, 11) is 1.96. The molecule has 7 heteroatoms. The van der Waals surface area contributed by atoms with E-state index in [1.165, 1.54) is 11.9 Å². The summed E-state index contributed by atoms with van der Waals surface area (Å²) in [5.41, 5.74) is 3.35. The highest BCUT2D eigenvalue weighted by Crippen LogP contribution is 2.37. The molecule has 0 N–H and O–H groups in total. The summed E-state index contributed by atoms with van der Waals surface area (Å²) in [6.07, 6.45) is 5.13. The second kappa shape index (κ2) is 6.37. The number of carbonyl (C=O) groups excluding carboxylic acids is 1. The van der Waals surface area contributed by atoms with E-state index in [4.69, 9.17) is 0 Å². The number of likely N-dealkylation sites (tertiary alicyclic amines) is 1. The topological polar surface area (TPSA) is 68.8 Å². The molecule has 0 radical (unpaired) electrons. The molecule has 7 nitrogen and oxygen atoms in total. The van der Waals surface area contributed by atoms with Gasteiger partial charge in [0.05, 0.1) is 11.7 Å². The van der Waals surface area contributed by atoms with Crippen molar-refractivity contribution in [1.82, 2.24) is 29.4 Å². The monoisotopic (exact) mass is 330 g/mol. The van der Waals surface area contributed by atoms with E-state index in [9.17, 15) is 4.79 Å². The second-order valence-electron chi connectivity index (χ2n) is 6.96. The minimum Gasteiger partial charge on any atom is -0.334 e. The van der Waals surface area contributed by atoms with Crippen LogP contribution in [-0.4, -0.2) is 41.9 Å². The van der Waals surface area contributed by atoms with Crippen LogP contribution in [0.4, 0.5) is 0 Å². The van der Waals surface area contributed by atoms with Gasteiger partial charge in [-0.3, -0.25) is 9.48 Å². The van der Waals surface area contributed by atoms with Crippen molar-refractivity contribution in [3.05, 3.63) is 29.6 Å². The Bertz CT molecular complexity index is 718. The lowest BCUT2D eigenvalue weighted by Gasteiger charge is -2.31. The average Bonchev–Trinajstić information content (AvgIpc) is 3.22. The Balaban J connectivity index is 1.93. The fraction of sp³-hybridized carbons (Fsp3) is 0.647. The van der Waals surface area contributed by atoms with E-state index in [0.29, 0.717) is 0 Å². The van der Waals surface area contributed by atoms with Gasteiger partial charge < -0.3 is 4.90 Å². The molecule has 0 unspecified atom stereocenters. The molecule has 0 aromatic carbocycles. The lowest BCUT2D eigenvalue weighted by Crippen LogP contribution is -2.39. The Morgan fingerprint density at radius 2 is 2.08 bits per heavy atom.